The zero-order chi connectivity index (χ0) is 15.8. The van der Waals surface area contributed by atoms with E-state index >= 15 is 0 Å². The van der Waals surface area contributed by atoms with Gasteiger partial charge in [0.15, 0.2) is 0 Å². The van der Waals surface area contributed by atoms with E-state index in [2.05, 4.69) is 0 Å². The van der Waals surface area contributed by atoms with Gasteiger partial charge < -0.3 is 8.94 Å². The van der Waals surface area contributed by atoms with Crippen LogP contribution in [0.25, 0.3) is 11.0 Å². The first-order valence-corrected chi connectivity index (χ1v) is 8.75. The third-order valence-corrected chi connectivity index (χ3v) is 4.53. The Kier molecular flexibility index (Phi) is 4.47. The first kappa shape index (κ1) is 16.1. The Labute approximate surface area is 127 Å². The molecule has 0 amide bonds. The highest BCUT2D eigenvalue weighted by Gasteiger charge is 2.21. The van der Waals surface area contributed by atoms with E-state index in [1.54, 1.807) is 32.9 Å². The van der Waals surface area contributed by atoms with Gasteiger partial charge >= 0.3 is 13.2 Å². The molecule has 0 spiro atoms. The maximum absolute atomic E-state index is 12.2. The minimum Gasteiger partial charge on any atom is -0.424 e. The lowest BCUT2D eigenvalue weighted by Gasteiger charge is -2.17. The molecule has 21 heavy (non-hydrogen) atoms. The molecule has 0 saturated carbocycles. The molecular formula is C14H16ClO5P. The maximum Gasteiger partial charge on any atom is 0.376 e. The molecular weight excluding hydrogens is 315 g/mol. The fourth-order valence-corrected chi connectivity index (χ4v) is 3.41. The Hall–Kier alpha value is -1.29. The van der Waals surface area contributed by atoms with Gasteiger partial charge in [-0.05, 0) is 38.5 Å². The molecule has 0 fully saturated rings. The lowest BCUT2D eigenvalue weighted by atomic mass is 10.1. The van der Waals surface area contributed by atoms with Crippen LogP contribution in [0.2, 0.25) is 5.02 Å². The van der Waals surface area contributed by atoms with Crippen LogP contribution in [0.4, 0.5) is 0 Å². The number of hydrogen-bond acceptors (Lipinski definition) is 5. The Morgan fingerprint density at radius 2 is 2.00 bits per heavy atom. The number of rotatable bonds is 4. The summed E-state index contributed by atoms with van der Waals surface area (Å²) in [6.07, 6.45) is -0.222. The summed E-state index contributed by atoms with van der Waals surface area (Å²) < 4.78 is 27.9. The summed E-state index contributed by atoms with van der Waals surface area (Å²) in [6, 6.07) is 4.83. The first-order valence-electron chi connectivity index (χ1n) is 6.38. The lowest BCUT2D eigenvalue weighted by molar-refractivity contribution is 0.213. The fraction of sp³-hybridized carbons (Fsp3) is 0.357. The lowest BCUT2D eigenvalue weighted by Crippen LogP contribution is -2.04. The van der Waals surface area contributed by atoms with E-state index in [4.69, 9.17) is 25.1 Å². The zero-order valence-electron chi connectivity index (χ0n) is 12.2. The molecule has 114 valence electrons. The van der Waals surface area contributed by atoms with Crippen LogP contribution < -0.4 is 10.1 Å². The quantitative estimate of drug-likeness (QED) is 0.614. The summed E-state index contributed by atoms with van der Waals surface area (Å²) in [6.45, 7) is 6.66. The van der Waals surface area contributed by atoms with E-state index in [9.17, 15) is 9.36 Å². The highest BCUT2D eigenvalue weighted by molar-refractivity contribution is 7.53. The van der Waals surface area contributed by atoms with Gasteiger partial charge in [-0.2, -0.15) is 0 Å². The molecule has 2 rings (SSSR count). The van der Waals surface area contributed by atoms with Crippen LogP contribution in [0, 0.1) is 6.92 Å². The van der Waals surface area contributed by atoms with Gasteiger partial charge in [0.2, 0.25) is 0 Å². The number of aryl methyl sites for hydroxylation is 1. The molecule has 0 aliphatic carbocycles. The van der Waals surface area contributed by atoms with E-state index in [1.165, 1.54) is 12.7 Å². The fourth-order valence-electron chi connectivity index (χ4n) is 1.97. The van der Waals surface area contributed by atoms with Crippen molar-refractivity contribution < 1.29 is 18.0 Å². The number of halogens is 1. The van der Waals surface area contributed by atoms with Crippen LogP contribution in [0.1, 0.15) is 19.4 Å². The van der Waals surface area contributed by atoms with Gasteiger partial charge in [-0.25, -0.2) is 9.36 Å². The minimum atomic E-state index is -3.23. The van der Waals surface area contributed by atoms with Crippen molar-refractivity contribution in [2.24, 2.45) is 0 Å². The van der Waals surface area contributed by atoms with Gasteiger partial charge in [-0.15, -0.1) is 0 Å². The average Bonchev–Trinajstić information content (AvgIpc) is 2.33. The van der Waals surface area contributed by atoms with E-state index in [0.29, 0.717) is 22.3 Å². The van der Waals surface area contributed by atoms with E-state index in [-0.39, 0.29) is 11.1 Å². The highest BCUT2D eigenvalue weighted by atomic mass is 35.5. The van der Waals surface area contributed by atoms with Crippen molar-refractivity contribution >= 4 is 30.2 Å². The van der Waals surface area contributed by atoms with Crippen molar-refractivity contribution in [3.05, 3.63) is 39.2 Å². The Morgan fingerprint density at radius 3 is 2.62 bits per heavy atom. The Balaban J connectivity index is 2.42. The van der Waals surface area contributed by atoms with Crippen molar-refractivity contribution in [2.45, 2.75) is 26.9 Å². The van der Waals surface area contributed by atoms with Gasteiger partial charge in [-0.3, -0.25) is 4.52 Å². The summed E-state index contributed by atoms with van der Waals surface area (Å²) in [5.74, 6) is 0.304. The van der Waals surface area contributed by atoms with Crippen LogP contribution >= 0.6 is 19.2 Å². The SMILES string of the molecule is Cc1c(Cl)c(=O)oc2cc(OP(C)(=O)OC(C)C)ccc12. The third kappa shape index (κ3) is 3.67. The molecule has 0 radical (unpaired) electrons. The summed E-state index contributed by atoms with van der Waals surface area (Å²) >= 11 is 5.86. The molecule has 0 saturated heterocycles. The van der Waals surface area contributed by atoms with Crippen LogP contribution in [0.3, 0.4) is 0 Å². The van der Waals surface area contributed by atoms with Crippen LogP contribution in [-0.2, 0) is 9.09 Å². The minimum absolute atomic E-state index is 0.0560. The normalized spacial score (nSPS) is 14.4. The molecule has 1 aromatic carbocycles. The average molecular weight is 331 g/mol. The van der Waals surface area contributed by atoms with Crippen molar-refractivity contribution in [2.75, 3.05) is 6.66 Å². The van der Waals surface area contributed by atoms with Crippen LogP contribution in [-0.4, -0.2) is 12.8 Å². The second-order valence-electron chi connectivity index (χ2n) is 5.00. The monoisotopic (exact) mass is 330 g/mol. The van der Waals surface area contributed by atoms with Gasteiger partial charge in [-0.1, -0.05) is 11.6 Å². The van der Waals surface area contributed by atoms with Crippen LogP contribution in [0.15, 0.2) is 27.4 Å². The van der Waals surface area contributed by atoms with Gasteiger partial charge in [0.1, 0.15) is 16.4 Å². The second-order valence-corrected chi connectivity index (χ2v) is 7.32. The molecule has 1 aromatic heterocycles. The van der Waals surface area contributed by atoms with Crippen molar-refractivity contribution in [1.82, 2.24) is 0 Å². The second kappa shape index (κ2) is 5.84. The Morgan fingerprint density at radius 1 is 1.33 bits per heavy atom. The van der Waals surface area contributed by atoms with E-state index in [0.717, 1.165) is 0 Å². The largest absolute Gasteiger partial charge is 0.424 e. The number of benzene rings is 1. The summed E-state index contributed by atoms with van der Waals surface area (Å²) in [5, 5.41) is 0.753. The Bertz CT molecular complexity index is 781. The highest BCUT2D eigenvalue weighted by Crippen LogP contribution is 2.46. The molecule has 0 N–H and O–H groups in total. The van der Waals surface area contributed by atoms with Gasteiger partial charge in [0.25, 0.3) is 0 Å². The predicted octanol–water partition coefficient (Wildman–Crippen LogP) is 4.38. The molecule has 0 bridgehead atoms. The van der Waals surface area contributed by atoms with Gasteiger partial charge in [0, 0.05) is 18.1 Å². The topological polar surface area (TPSA) is 65.7 Å². The molecule has 7 heteroatoms. The summed E-state index contributed by atoms with van der Waals surface area (Å²) in [4.78, 5) is 11.6. The molecule has 1 atom stereocenters. The molecule has 5 nitrogen and oxygen atoms in total. The standard InChI is InChI=1S/C14H16ClO5P/c1-8(2)19-21(4,17)20-10-5-6-11-9(3)13(15)14(16)18-12(11)7-10/h5-8H,1-4H3. The first-order chi connectivity index (χ1) is 9.69. The van der Waals surface area contributed by atoms with Crippen molar-refractivity contribution in [1.29, 1.82) is 0 Å². The number of fused-ring (bicyclic) bond motifs is 1. The molecule has 1 unspecified atom stereocenters. The maximum atomic E-state index is 12.2. The molecule has 0 aliphatic heterocycles. The van der Waals surface area contributed by atoms with Crippen LogP contribution in [0.5, 0.6) is 5.75 Å². The smallest absolute Gasteiger partial charge is 0.376 e. The molecule has 0 aliphatic rings. The van der Waals surface area contributed by atoms with Crippen molar-refractivity contribution in [3.63, 3.8) is 0 Å². The van der Waals surface area contributed by atoms with E-state index < -0.39 is 13.2 Å². The van der Waals surface area contributed by atoms with Crippen molar-refractivity contribution in [3.8, 4) is 5.75 Å². The zero-order valence-corrected chi connectivity index (χ0v) is 13.8. The predicted molar refractivity (Wildman–Crippen MR) is 82.6 cm³/mol. The van der Waals surface area contributed by atoms with E-state index in [1.807, 2.05) is 0 Å². The van der Waals surface area contributed by atoms with Gasteiger partial charge in [0.05, 0.1) is 6.10 Å². The third-order valence-electron chi connectivity index (χ3n) is 2.74. The summed E-state index contributed by atoms with van der Waals surface area (Å²) in [5.41, 5.74) is 0.341. The number of hydrogen-bond donors (Lipinski definition) is 0. The molecule has 2 aromatic rings. The molecule has 1 heterocycles. The summed E-state index contributed by atoms with van der Waals surface area (Å²) in [7, 11) is -3.23.